The van der Waals surface area contributed by atoms with Crippen molar-refractivity contribution in [3.05, 3.63) is 30.7 Å². The number of aromatic nitrogens is 3. The fourth-order valence-corrected chi connectivity index (χ4v) is 1.29. The Balaban J connectivity index is 2.20. The van der Waals surface area contributed by atoms with E-state index in [4.69, 9.17) is 10.5 Å². The second-order valence-corrected chi connectivity index (χ2v) is 3.26. The standard InChI is InChI=1S/C11H10N4O3/c1-17-11-14-5-8(6-15-11)7-2-3-9(13-4-7)18-10(12)16/h2-6H,1H3,(H2,12,16). The van der Waals surface area contributed by atoms with Gasteiger partial charge in [0.25, 0.3) is 0 Å². The molecule has 0 saturated heterocycles. The van der Waals surface area contributed by atoms with Crippen LogP contribution in [0, 0.1) is 0 Å². The van der Waals surface area contributed by atoms with E-state index in [1.807, 2.05) is 0 Å². The zero-order chi connectivity index (χ0) is 13.0. The molecule has 0 spiro atoms. The highest BCUT2D eigenvalue weighted by atomic mass is 16.6. The second-order valence-electron chi connectivity index (χ2n) is 3.26. The van der Waals surface area contributed by atoms with Gasteiger partial charge in [-0.1, -0.05) is 0 Å². The molecule has 2 aromatic heterocycles. The molecule has 0 aliphatic carbocycles. The highest BCUT2D eigenvalue weighted by Crippen LogP contribution is 2.19. The number of amides is 1. The maximum Gasteiger partial charge on any atom is 0.411 e. The predicted octanol–water partition coefficient (Wildman–Crippen LogP) is 1.00. The summed E-state index contributed by atoms with van der Waals surface area (Å²) in [4.78, 5) is 22.4. The van der Waals surface area contributed by atoms with Crippen molar-refractivity contribution >= 4 is 6.09 Å². The number of ether oxygens (including phenoxy) is 2. The topological polar surface area (TPSA) is 100 Å². The van der Waals surface area contributed by atoms with Crippen molar-refractivity contribution in [1.82, 2.24) is 15.0 Å². The number of nitrogens with two attached hydrogens (primary N) is 1. The van der Waals surface area contributed by atoms with Gasteiger partial charge in [-0.25, -0.2) is 19.7 Å². The van der Waals surface area contributed by atoms with E-state index in [-0.39, 0.29) is 5.88 Å². The van der Waals surface area contributed by atoms with Crippen molar-refractivity contribution in [3.8, 4) is 23.0 Å². The molecule has 2 heterocycles. The van der Waals surface area contributed by atoms with Gasteiger partial charge < -0.3 is 15.2 Å². The highest BCUT2D eigenvalue weighted by molar-refractivity contribution is 5.68. The van der Waals surface area contributed by atoms with E-state index in [2.05, 4.69) is 19.7 Å². The van der Waals surface area contributed by atoms with Crippen LogP contribution in [0.25, 0.3) is 11.1 Å². The molecule has 18 heavy (non-hydrogen) atoms. The van der Waals surface area contributed by atoms with Crippen molar-refractivity contribution in [3.63, 3.8) is 0 Å². The van der Waals surface area contributed by atoms with Crippen molar-refractivity contribution in [2.45, 2.75) is 0 Å². The average Bonchev–Trinajstić information content (AvgIpc) is 2.39. The summed E-state index contributed by atoms with van der Waals surface area (Å²) in [5.41, 5.74) is 6.43. The Bertz CT molecular complexity index is 539. The molecule has 0 atom stereocenters. The summed E-state index contributed by atoms with van der Waals surface area (Å²) in [7, 11) is 1.49. The zero-order valence-corrected chi connectivity index (χ0v) is 9.53. The summed E-state index contributed by atoms with van der Waals surface area (Å²) in [5.74, 6) is 0.140. The number of pyridine rings is 1. The summed E-state index contributed by atoms with van der Waals surface area (Å²) in [6.45, 7) is 0. The lowest BCUT2D eigenvalue weighted by Crippen LogP contribution is -2.16. The van der Waals surface area contributed by atoms with E-state index in [1.54, 1.807) is 18.5 Å². The normalized spacial score (nSPS) is 9.83. The molecule has 0 bridgehead atoms. The summed E-state index contributed by atoms with van der Waals surface area (Å²) in [5, 5.41) is 0. The van der Waals surface area contributed by atoms with E-state index in [9.17, 15) is 4.79 Å². The molecular formula is C11H10N4O3. The van der Waals surface area contributed by atoms with Crippen LogP contribution in [0.3, 0.4) is 0 Å². The monoisotopic (exact) mass is 246 g/mol. The molecule has 0 radical (unpaired) electrons. The lowest BCUT2D eigenvalue weighted by atomic mass is 10.1. The molecule has 2 rings (SSSR count). The van der Waals surface area contributed by atoms with Gasteiger partial charge in [0.2, 0.25) is 5.88 Å². The highest BCUT2D eigenvalue weighted by Gasteiger charge is 2.03. The third kappa shape index (κ3) is 2.70. The van der Waals surface area contributed by atoms with Crippen LogP contribution >= 0.6 is 0 Å². The maximum absolute atomic E-state index is 10.5. The quantitative estimate of drug-likeness (QED) is 0.867. The second kappa shape index (κ2) is 5.09. The molecule has 0 saturated carbocycles. The number of methoxy groups -OCH3 is 1. The first-order chi connectivity index (χ1) is 8.69. The predicted molar refractivity (Wildman–Crippen MR) is 62.0 cm³/mol. The molecule has 2 aromatic rings. The maximum atomic E-state index is 10.5. The molecule has 0 aliphatic heterocycles. The van der Waals surface area contributed by atoms with Crippen LogP contribution in [0.4, 0.5) is 4.79 Å². The molecular weight excluding hydrogens is 236 g/mol. The number of primary amides is 1. The third-order valence-electron chi connectivity index (χ3n) is 2.09. The van der Waals surface area contributed by atoms with Gasteiger partial charge in [-0.05, 0) is 6.07 Å². The largest absolute Gasteiger partial charge is 0.467 e. The van der Waals surface area contributed by atoms with Crippen molar-refractivity contribution in [2.75, 3.05) is 7.11 Å². The molecule has 7 heteroatoms. The Morgan fingerprint density at radius 2 is 1.78 bits per heavy atom. The minimum atomic E-state index is -0.900. The van der Waals surface area contributed by atoms with Crippen LogP contribution in [0.2, 0.25) is 0 Å². The molecule has 0 aliphatic rings. The van der Waals surface area contributed by atoms with Gasteiger partial charge in [0, 0.05) is 35.8 Å². The average molecular weight is 246 g/mol. The van der Waals surface area contributed by atoms with Crippen LogP contribution in [-0.2, 0) is 0 Å². The van der Waals surface area contributed by atoms with E-state index in [0.717, 1.165) is 11.1 Å². The molecule has 92 valence electrons. The van der Waals surface area contributed by atoms with Gasteiger partial charge >= 0.3 is 12.1 Å². The summed E-state index contributed by atoms with van der Waals surface area (Å²) in [6, 6.07) is 3.54. The van der Waals surface area contributed by atoms with Crippen LogP contribution in [0.5, 0.6) is 11.9 Å². The number of hydrogen-bond donors (Lipinski definition) is 1. The van der Waals surface area contributed by atoms with Crippen molar-refractivity contribution in [1.29, 1.82) is 0 Å². The zero-order valence-electron chi connectivity index (χ0n) is 9.53. The van der Waals surface area contributed by atoms with E-state index < -0.39 is 6.09 Å². The van der Waals surface area contributed by atoms with Gasteiger partial charge in [0.05, 0.1) is 7.11 Å². The molecule has 0 aromatic carbocycles. The fraction of sp³-hybridized carbons (Fsp3) is 0.0909. The van der Waals surface area contributed by atoms with Crippen molar-refractivity contribution in [2.24, 2.45) is 5.73 Å². The Kier molecular flexibility index (Phi) is 3.33. The molecule has 7 nitrogen and oxygen atoms in total. The SMILES string of the molecule is COc1ncc(-c2ccc(OC(N)=O)nc2)cn1. The molecule has 1 amide bonds. The van der Waals surface area contributed by atoms with Gasteiger partial charge in [0.15, 0.2) is 0 Å². The first kappa shape index (κ1) is 11.8. The van der Waals surface area contributed by atoms with Gasteiger partial charge in [-0.2, -0.15) is 0 Å². The minimum absolute atomic E-state index is 0.140. The minimum Gasteiger partial charge on any atom is -0.467 e. The summed E-state index contributed by atoms with van der Waals surface area (Å²) >= 11 is 0. The van der Waals surface area contributed by atoms with Crippen LogP contribution < -0.4 is 15.2 Å². The van der Waals surface area contributed by atoms with Gasteiger partial charge in [0.1, 0.15) is 0 Å². The number of rotatable bonds is 3. The van der Waals surface area contributed by atoms with Gasteiger partial charge in [-0.15, -0.1) is 0 Å². The number of nitrogens with zero attached hydrogens (tertiary/aromatic N) is 3. The Morgan fingerprint density at radius 3 is 2.28 bits per heavy atom. The molecule has 0 unspecified atom stereocenters. The summed E-state index contributed by atoms with van der Waals surface area (Å²) < 4.78 is 9.48. The van der Waals surface area contributed by atoms with E-state index >= 15 is 0 Å². The lowest BCUT2D eigenvalue weighted by molar-refractivity contribution is 0.209. The first-order valence-corrected chi connectivity index (χ1v) is 4.99. The van der Waals surface area contributed by atoms with Crippen LogP contribution in [-0.4, -0.2) is 28.2 Å². The van der Waals surface area contributed by atoms with Gasteiger partial charge in [-0.3, -0.25) is 0 Å². The number of hydrogen-bond acceptors (Lipinski definition) is 6. The smallest absolute Gasteiger partial charge is 0.411 e. The lowest BCUT2D eigenvalue weighted by Gasteiger charge is -2.03. The van der Waals surface area contributed by atoms with Crippen molar-refractivity contribution < 1.29 is 14.3 Å². The Hall–Kier alpha value is -2.70. The fourth-order valence-electron chi connectivity index (χ4n) is 1.29. The number of carbonyl (C=O) groups is 1. The van der Waals surface area contributed by atoms with E-state index in [0.29, 0.717) is 6.01 Å². The summed E-state index contributed by atoms with van der Waals surface area (Å²) in [6.07, 6.45) is 3.85. The number of carbonyl (C=O) groups excluding carboxylic acids is 1. The van der Waals surface area contributed by atoms with E-state index in [1.165, 1.54) is 19.4 Å². The Morgan fingerprint density at radius 1 is 1.11 bits per heavy atom. The molecule has 2 N–H and O–H groups in total. The third-order valence-corrected chi connectivity index (χ3v) is 2.09. The Labute approximate surface area is 103 Å². The molecule has 0 fully saturated rings. The van der Waals surface area contributed by atoms with Crippen LogP contribution in [0.1, 0.15) is 0 Å². The van der Waals surface area contributed by atoms with Crippen LogP contribution in [0.15, 0.2) is 30.7 Å². The first-order valence-electron chi connectivity index (χ1n) is 4.99.